The molecule has 1 aliphatic rings. The van der Waals surface area contributed by atoms with Crippen molar-refractivity contribution in [1.29, 1.82) is 0 Å². The molecule has 0 aliphatic carbocycles. The first-order chi connectivity index (χ1) is 14.0. The van der Waals surface area contributed by atoms with Crippen LogP contribution >= 0.6 is 11.6 Å². The van der Waals surface area contributed by atoms with Crippen molar-refractivity contribution in [3.8, 4) is 5.75 Å². The van der Waals surface area contributed by atoms with Crippen molar-refractivity contribution in [3.63, 3.8) is 0 Å². The van der Waals surface area contributed by atoms with Gasteiger partial charge in [0.05, 0.1) is 6.54 Å². The van der Waals surface area contributed by atoms with Crippen molar-refractivity contribution in [2.24, 2.45) is 5.73 Å². The number of carbonyl (C=O) groups excluding carboxylic acids is 2. The van der Waals surface area contributed by atoms with E-state index in [1.807, 2.05) is 6.07 Å². The minimum Gasteiger partial charge on any atom is -0.508 e. The zero-order valence-electron chi connectivity index (χ0n) is 16.6. The number of carbonyl (C=O) groups is 2. The minimum atomic E-state index is -0.484. The number of nitrogens with two attached hydrogens (primary N) is 1. The van der Waals surface area contributed by atoms with Gasteiger partial charge < -0.3 is 21.1 Å². The normalized spacial score (nSPS) is 15.4. The molecular weight excluding hydrogens is 390 g/mol. The first-order valence-electron chi connectivity index (χ1n) is 9.74. The summed E-state index contributed by atoms with van der Waals surface area (Å²) in [4.78, 5) is 25.4. The predicted molar refractivity (Wildman–Crippen MR) is 115 cm³/mol. The number of benzene rings is 2. The van der Waals surface area contributed by atoms with E-state index in [9.17, 15) is 14.7 Å². The Balaban J connectivity index is 0.000000313. The van der Waals surface area contributed by atoms with E-state index in [4.69, 9.17) is 17.3 Å². The highest BCUT2D eigenvalue weighted by molar-refractivity contribution is 6.30. The van der Waals surface area contributed by atoms with Gasteiger partial charge in [0, 0.05) is 23.7 Å². The van der Waals surface area contributed by atoms with Crippen LogP contribution in [0.5, 0.6) is 5.75 Å². The van der Waals surface area contributed by atoms with Crippen LogP contribution in [0.1, 0.15) is 30.9 Å². The molecule has 1 unspecified atom stereocenters. The van der Waals surface area contributed by atoms with Gasteiger partial charge in [0.2, 0.25) is 11.8 Å². The van der Waals surface area contributed by atoms with Crippen LogP contribution in [0.4, 0.5) is 0 Å². The van der Waals surface area contributed by atoms with Crippen molar-refractivity contribution in [1.82, 2.24) is 10.2 Å². The second-order valence-corrected chi connectivity index (χ2v) is 7.22. The van der Waals surface area contributed by atoms with Crippen LogP contribution in [0.3, 0.4) is 0 Å². The van der Waals surface area contributed by atoms with Crippen molar-refractivity contribution < 1.29 is 14.7 Å². The minimum absolute atomic E-state index is 0.0704. The van der Waals surface area contributed by atoms with Gasteiger partial charge in [-0.05, 0) is 43.0 Å². The van der Waals surface area contributed by atoms with E-state index in [0.717, 1.165) is 12.8 Å². The standard InChI is InChI=1S/C14H18ClN3O3.C8H10/c15-10-3-4-12(19)9(6-10)8-17-14(21)11-2-1-5-18(11)13(20)7-16;1-2-8-6-4-3-5-7-8/h3-4,6,11,19H,1-2,5,7-8,16H2,(H,17,21);3-7H,2H2,1H3. The number of rotatable bonds is 5. The number of phenolic OH excluding ortho intramolecular Hbond substituents is 1. The Morgan fingerprint density at radius 1 is 1.24 bits per heavy atom. The summed E-state index contributed by atoms with van der Waals surface area (Å²) >= 11 is 5.85. The number of amides is 2. The number of likely N-dealkylation sites (tertiary alicyclic amines) is 1. The number of hydrogen-bond donors (Lipinski definition) is 3. The topological polar surface area (TPSA) is 95.7 Å². The van der Waals surface area contributed by atoms with E-state index in [1.54, 1.807) is 12.1 Å². The predicted octanol–water partition coefficient (Wildman–Crippen LogP) is 2.86. The van der Waals surface area contributed by atoms with E-state index >= 15 is 0 Å². The SMILES string of the molecule is CCc1ccccc1.NCC(=O)N1CCCC1C(=O)NCc1cc(Cl)ccc1O. The highest BCUT2D eigenvalue weighted by Gasteiger charge is 2.33. The fourth-order valence-corrected chi connectivity index (χ4v) is 3.36. The first kappa shape index (κ1) is 22.7. The number of nitrogens with one attached hydrogen (secondary N) is 1. The number of phenols is 1. The largest absolute Gasteiger partial charge is 0.508 e. The third-order valence-corrected chi connectivity index (χ3v) is 5.03. The molecular formula is C22H28ClN3O3. The molecule has 1 aliphatic heterocycles. The number of hydrogen-bond acceptors (Lipinski definition) is 4. The van der Waals surface area contributed by atoms with Crippen molar-refractivity contribution in [2.45, 2.75) is 38.8 Å². The molecule has 0 saturated carbocycles. The lowest BCUT2D eigenvalue weighted by molar-refractivity contribution is -0.137. The molecule has 156 valence electrons. The van der Waals surface area contributed by atoms with Gasteiger partial charge in [-0.25, -0.2) is 0 Å². The molecule has 4 N–H and O–H groups in total. The Labute approximate surface area is 176 Å². The molecule has 2 amide bonds. The third kappa shape index (κ3) is 6.76. The summed E-state index contributed by atoms with van der Waals surface area (Å²) in [6.45, 7) is 2.77. The van der Waals surface area contributed by atoms with Gasteiger partial charge in [0.15, 0.2) is 0 Å². The lowest BCUT2D eigenvalue weighted by Gasteiger charge is -2.23. The van der Waals surface area contributed by atoms with Crippen LogP contribution in [-0.4, -0.2) is 41.0 Å². The van der Waals surface area contributed by atoms with Crippen LogP contribution in [0.15, 0.2) is 48.5 Å². The molecule has 0 radical (unpaired) electrons. The molecule has 6 nitrogen and oxygen atoms in total. The maximum absolute atomic E-state index is 12.2. The zero-order valence-corrected chi connectivity index (χ0v) is 17.4. The van der Waals surface area contributed by atoms with Gasteiger partial charge in [0.25, 0.3) is 0 Å². The second kappa shape index (κ2) is 11.4. The van der Waals surface area contributed by atoms with Gasteiger partial charge in [-0.1, -0.05) is 48.9 Å². The Kier molecular flexibility index (Phi) is 8.96. The molecule has 1 saturated heterocycles. The lowest BCUT2D eigenvalue weighted by atomic mass is 10.1. The van der Waals surface area contributed by atoms with Crippen LogP contribution in [0.25, 0.3) is 0 Å². The van der Waals surface area contributed by atoms with Gasteiger partial charge in [-0.2, -0.15) is 0 Å². The monoisotopic (exact) mass is 417 g/mol. The van der Waals surface area contributed by atoms with Crippen LogP contribution in [0, 0.1) is 0 Å². The molecule has 0 aromatic heterocycles. The van der Waals surface area contributed by atoms with Crippen LogP contribution in [0.2, 0.25) is 5.02 Å². The number of halogens is 1. The summed E-state index contributed by atoms with van der Waals surface area (Å²) in [7, 11) is 0. The molecule has 3 rings (SSSR count). The quantitative estimate of drug-likeness (QED) is 0.697. The molecule has 0 bridgehead atoms. The average Bonchev–Trinajstić information content (AvgIpc) is 3.24. The summed E-state index contributed by atoms with van der Waals surface area (Å²) in [6, 6.07) is 14.6. The van der Waals surface area contributed by atoms with Gasteiger partial charge >= 0.3 is 0 Å². The van der Waals surface area contributed by atoms with E-state index in [2.05, 4.69) is 36.5 Å². The van der Waals surface area contributed by atoms with Crippen LogP contribution < -0.4 is 11.1 Å². The summed E-state index contributed by atoms with van der Waals surface area (Å²) in [5.74, 6) is -0.395. The molecule has 29 heavy (non-hydrogen) atoms. The highest BCUT2D eigenvalue weighted by atomic mass is 35.5. The average molecular weight is 418 g/mol. The Morgan fingerprint density at radius 3 is 2.59 bits per heavy atom. The lowest BCUT2D eigenvalue weighted by Crippen LogP contribution is -2.47. The van der Waals surface area contributed by atoms with Gasteiger partial charge in [-0.3, -0.25) is 9.59 Å². The van der Waals surface area contributed by atoms with Gasteiger partial charge in [0.1, 0.15) is 11.8 Å². The number of nitrogens with zero attached hydrogens (tertiary/aromatic N) is 1. The Bertz CT molecular complexity index is 814. The number of aromatic hydroxyl groups is 1. The molecule has 2 aromatic rings. The Hall–Kier alpha value is -2.57. The summed E-state index contributed by atoms with van der Waals surface area (Å²) in [6.07, 6.45) is 2.55. The Morgan fingerprint density at radius 2 is 1.97 bits per heavy atom. The molecule has 2 aromatic carbocycles. The van der Waals surface area contributed by atoms with Crippen molar-refractivity contribution in [3.05, 3.63) is 64.7 Å². The van der Waals surface area contributed by atoms with E-state index in [-0.39, 0.29) is 30.7 Å². The van der Waals surface area contributed by atoms with Crippen molar-refractivity contribution in [2.75, 3.05) is 13.1 Å². The third-order valence-electron chi connectivity index (χ3n) is 4.80. The number of aryl methyl sites for hydroxylation is 1. The fourth-order valence-electron chi connectivity index (χ4n) is 3.16. The summed E-state index contributed by atoms with van der Waals surface area (Å²) in [5.41, 5.74) is 7.29. The molecule has 1 atom stereocenters. The maximum atomic E-state index is 12.2. The second-order valence-electron chi connectivity index (χ2n) is 6.78. The van der Waals surface area contributed by atoms with Crippen LogP contribution in [-0.2, 0) is 22.6 Å². The summed E-state index contributed by atoms with van der Waals surface area (Å²) in [5, 5.41) is 12.9. The molecule has 1 fully saturated rings. The van der Waals surface area contributed by atoms with Gasteiger partial charge in [-0.15, -0.1) is 0 Å². The van der Waals surface area contributed by atoms with E-state index in [0.29, 0.717) is 23.6 Å². The zero-order chi connectivity index (χ0) is 21.2. The molecule has 7 heteroatoms. The fraction of sp³-hybridized carbons (Fsp3) is 0.364. The first-order valence-corrected chi connectivity index (χ1v) is 10.1. The summed E-state index contributed by atoms with van der Waals surface area (Å²) < 4.78 is 0. The smallest absolute Gasteiger partial charge is 0.243 e. The molecule has 0 spiro atoms. The van der Waals surface area contributed by atoms with E-state index in [1.165, 1.54) is 16.5 Å². The maximum Gasteiger partial charge on any atom is 0.243 e. The highest BCUT2D eigenvalue weighted by Crippen LogP contribution is 2.22. The van der Waals surface area contributed by atoms with E-state index < -0.39 is 6.04 Å². The van der Waals surface area contributed by atoms with Crippen molar-refractivity contribution >= 4 is 23.4 Å². The molecule has 1 heterocycles.